The maximum absolute atomic E-state index is 10.2. The Bertz CT molecular complexity index is 502. The van der Waals surface area contributed by atoms with E-state index in [4.69, 9.17) is 4.42 Å². The Labute approximate surface area is 107 Å². The summed E-state index contributed by atoms with van der Waals surface area (Å²) in [4.78, 5) is 0. The molecule has 0 amide bonds. The highest BCUT2D eigenvalue weighted by Crippen LogP contribution is 2.37. The van der Waals surface area contributed by atoms with Crippen molar-refractivity contribution in [2.75, 3.05) is 0 Å². The molecule has 1 aromatic carbocycles. The standard InChI is InChI=1S/C16H18O2/c17-15(16-9-4-10-18-16)11-13-7-3-6-12-5-1-2-8-14(12)13/h1-2,4-5,8-10,13,15,17H,3,6-7,11H2. The molecule has 0 spiro atoms. The topological polar surface area (TPSA) is 33.4 Å². The fourth-order valence-corrected chi connectivity index (χ4v) is 2.97. The monoisotopic (exact) mass is 242 g/mol. The maximum atomic E-state index is 10.2. The van der Waals surface area contributed by atoms with E-state index in [1.807, 2.05) is 12.1 Å². The molecule has 0 fully saturated rings. The minimum Gasteiger partial charge on any atom is -0.467 e. The zero-order chi connectivity index (χ0) is 12.4. The van der Waals surface area contributed by atoms with Gasteiger partial charge in [-0.3, -0.25) is 0 Å². The number of rotatable bonds is 3. The summed E-state index contributed by atoms with van der Waals surface area (Å²) < 4.78 is 5.27. The van der Waals surface area contributed by atoms with Crippen molar-refractivity contribution in [2.24, 2.45) is 0 Å². The maximum Gasteiger partial charge on any atom is 0.132 e. The quantitative estimate of drug-likeness (QED) is 0.887. The molecule has 0 radical (unpaired) electrons. The molecule has 1 aliphatic carbocycles. The van der Waals surface area contributed by atoms with Crippen LogP contribution < -0.4 is 0 Å². The van der Waals surface area contributed by atoms with Crippen LogP contribution in [-0.2, 0) is 6.42 Å². The van der Waals surface area contributed by atoms with E-state index in [9.17, 15) is 5.11 Å². The van der Waals surface area contributed by atoms with Gasteiger partial charge in [0.15, 0.2) is 0 Å². The van der Waals surface area contributed by atoms with E-state index in [1.165, 1.54) is 24.0 Å². The van der Waals surface area contributed by atoms with Crippen molar-refractivity contribution in [3.05, 3.63) is 59.5 Å². The van der Waals surface area contributed by atoms with Crippen molar-refractivity contribution in [1.29, 1.82) is 0 Å². The van der Waals surface area contributed by atoms with E-state index in [0.29, 0.717) is 11.7 Å². The van der Waals surface area contributed by atoms with Gasteiger partial charge in [0.25, 0.3) is 0 Å². The van der Waals surface area contributed by atoms with Crippen LogP contribution in [0, 0.1) is 0 Å². The van der Waals surface area contributed by atoms with Gasteiger partial charge in [0.2, 0.25) is 0 Å². The summed E-state index contributed by atoms with van der Waals surface area (Å²) in [5.41, 5.74) is 2.86. The van der Waals surface area contributed by atoms with Crippen molar-refractivity contribution < 1.29 is 9.52 Å². The molecule has 2 heteroatoms. The van der Waals surface area contributed by atoms with Crippen molar-refractivity contribution in [1.82, 2.24) is 0 Å². The third-order valence-electron chi connectivity index (χ3n) is 3.87. The van der Waals surface area contributed by atoms with Crippen LogP contribution in [0.25, 0.3) is 0 Å². The summed E-state index contributed by atoms with van der Waals surface area (Å²) in [5.74, 6) is 1.13. The van der Waals surface area contributed by atoms with Gasteiger partial charge in [-0.2, -0.15) is 0 Å². The van der Waals surface area contributed by atoms with E-state index in [0.717, 1.165) is 12.8 Å². The summed E-state index contributed by atoms with van der Waals surface area (Å²) in [6.45, 7) is 0. The third kappa shape index (κ3) is 2.21. The molecule has 2 nitrogen and oxygen atoms in total. The summed E-state index contributed by atoms with van der Waals surface area (Å²) in [6, 6.07) is 12.3. The van der Waals surface area contributed by atoms with Gasteiger partial charge in [-0.15, -0.1) is 0 Å². The molecule has 1 aromatic heterocycles. The number of benzene rings is 1. The molecule has 0 saturated heterocycles. The van der Waals surface area contributed by atoms with Gasteiger partial charge in [-0.05, 0) is 54.9 Å². The van der Waals surface area contributed by atoms with Crippen LogP contribution in [-0.4, -0.2) is 5.11 Å². The predicted molar refractivity (Wildman–Crippen MR) is 70.4 cm³/mol. The van der Waals surface area contributed by atoms with Gasteiger partial charge in [0, 0.05) is 0 Å². The highest BCUT2D eigenvalue weighted by Gasteiger charge is 2.23. The predicted octanol–water partition coefficient (Wildman–Crippen LogP) is 3.82. The molecule has 94 valence electrons. The van der Waals surface area contributed by atoms with Crippen molar-refractivity contribution in [3.63, 3.8) is 0 Å². The van der Waals surface area contributed by atoms with Crippen molar-refractivity contribution in [2.45, 2.75) is 37.7 Å². The molecule has 1 aliphatic rings. The zero-order valence-corrected chi connectivity index (χ0v) is 10.4. The van der Waals surface area contributed by atoms with E-state index in [1.54, 1.807) is 6.26 Å². The van der Waals surface area contributed by atoms with Crippen LogP contribution in [0.2, 0.25) is 0 Å². The molecular formula is C16H18O2. The van der Waals surface area contributed by atoms with Crippen molar-refractivity contribution >= 4 is 0 Å². The first kappa shape index (κ1) is 11.5. The third-order valence-corrected chi connectivity index (χ3v) is 3.87. The Kier molecular flexibility index (Phi) is 3.20. The van der Waals surface area contributed by atoms with Crippen LogP contribution in [0.3, 0.4) is 0 Å². The largest absolute Gasteiger partial charge is 0.467 e. The molecule has 2 atom stereocenters. The molecule has 2 aromatic rings. The first-order chi connectivity index (χ1) is 8.84. The number of hydrogen-bond acceptors (Lipinski definition) is 2. The lowest BCUT2D eigenvalue weighted by Crippen LogP contribution is -2.12. The molecule has 0 bridgehead atoms. The minimum absolute atomic E-state index is 0.454. The number of furan rings is 1. The van der Waals surface area contributed by atoms with E-state index >= 15 is 0 Å². The Morgan fingerprint density at radius 3 is 2.94 bits per heavy atom. The normalized spacial score (nSPS) is 20.4. The van der Waals surface area contributed by atoms with E-state index in [-0.39, 0.29) is 0 Å². The molecule has 3 rings (SSSR count). The van der Waals surface area contributed by atoms with E-state index in [2.05, 4.69) is 24.3 Å². The summed E-state index contributed by atoms with van der Waals surface area (Å²) in [5, 5.41) is 10.2. The highest BCUT2D eigenvalue weighted by atomic mass is 16.4. The number of aliphatic hydroxyl groups is 1. The Morgan fingerprint density at radius 2 is 2.11 bits per heavy atom. The minimum atomic E-state index is -0.490. The lowest BCUT2D eigenvalue weighted by atomic mass is 9.80. The second kappa shape index (κ2) is 4.99. The fourth-order valence-electron chi connectivity index (χ4n) is 2.97. The Hall–Kier alpha value is -1.54. The Balaban J connectivity index is 1.78. The van der Waals surface area contributed by atoms with Gasteiger partial charge in [0.1, 0.15) is 11.9 Å². The number of aryl methyl sites for hydroxylation is 1. The van der Waals surface area contributed by atoms with Crippen LogP contribution in [0.15, 0.2) is 47.1 Å². The zero-order valence-electron chi connectivity index (χ0n) is 10.4. The molecular weight excluding hydrogens is 224 g/mol. The second-order valence-electron chi connectivity index (χ2n) is 5.05. The van der Waals surface area contributed by atoms with Crippen molar-refractivity contribution in [3.8, 4) is 0 Å². The first-order valence-corrected chi connectivity index (χ1v) is 6.64. The number of fused-ring (bicyclic) bond motifs is 1. The molecule has 0 saturated carbocycles. The average Bonchev–Trinajstić information content (AvgIpc) is 2.93. The second-order valence-corrected chi connectivity index (χ2v) is 5.05. The van der Waals surface area contributed by atoms with Gasteiger partial charge < -0.3 is 9.52 Å². The molecule has 2 unspecified atom stereocenters. The van der Waals surface area contributed by atoms with Crippen LogP contribution in [0.4, 0.5) is 0 Å². The average molecular weight is 242 g/mol. The SMILES string of the molecule is OC(CC1CCCc2ccccc21)c1ccco1. The van der Waals surface area contributed by atoms with E-state index < -0.39 is 6.10 Å². The number of hydrogen-bond donors (Lipinski definition) is 1. The molecule has 18 heavy (non-hydrogen) atoms. The summed E-state index contributed by atoms with van der Waals surface area (Å²) in [6.07, 6.45) is 5.43. The molecule has 1 heterocycles. The molecule has 0 aliphatic heterocycles. The number of aliphatic hydroxyl groups excluding tert-OH is 1. The van der Waals surface area contributed by atoms with Gasteiger partial charge >= 0.3 is 0 Å². The van der Waals surface area contributed by atoms with Crippen LogP contribution in [0.5, 0.6) is 0 Å². The van der Waals surface area contributed by atoms with Gasteiger partial charge in [-0.25, -0.2) is 0 Å². The van der Waals surface area contributed by atoms with Gasteiger partial charge in [-0.1, -0.05) is 24.3 Å². The first-order valence-electron chi connectivity index (χ1n) is 6.64. The lowest BCUT2D eigenvalue weighted by Gasteiger charge is -2.26. The van der Waals surface area contributed by atoms with Gasteiger partial charge in [0.05, 0.1) is 6.26 Å². The Morgan fingerprint density at radius 1 is 1.22 bits per heavy atom. The molecule has 1 N–H and O–H groups in total. The summed E-state index contributed by atoms with van der Waals surface area (Å²) >= 11 is 0. The lowest BCUT2D eigenvalue weighted by molar-refractivity contribution is 0.128. The van der Waals surface area contributed by atoms with Crippen LogP contribution in [0.1, 0.15) is 48.2 Å². The van der Waals surface area contributed by atoms with Crippen LogP contribution >= 0.6 is 0 Å². The highest BCUT2D eigenvalue weighted by molar-refractivity contribution is 5.32. The summed E-state index contributed by atoms with van der Waals surface area (Å²) in [7, 11) is 0. The fraction of sp³-hybridized carbons (Fsp3) is 0.375. The smallest absolute Gasteiger partial charge is 0.132 e.